The third-order valence-corrected chi connectivity index (χ3v) is 8.18. The van der Waals surface area contributed by atoms with Crippen LogP contribution in [0.5, 0.6) is 5.75 Å². The lowest BCUT2D eigenvalue weighted by Crippen LogP contribution is -2.11. The number of hydrogen-bond donors (Lipinski definition) is 1. The number of hydrogen-bond acceptors (Lipinski definition) is 1. The molecule has 0 spiro atoms. The molecular weight excluding hydrogens is 436 g/mol. The highest BCUT2D eigenvalue weighted by Crippen LogP contribution is 2.38. The summed E-state index contributed by atoms with van der Waals surface area (Å²) in [5, 5.41) is 11.8. The number of phenolic OH excluding ortho intramolecular Hbond substituents is 1. The van der Waals surface area contributed by atoms with E-state index in [9.17, 15) is 5.11 Å². The number of aromatic hydroxyl groups is 1. The molecular formula is C35H64O. The van der Waals surface area contributed by atoms with E-state index >= 15 is 0 Å². The van der Waals surface area contributed by atoms with Crippen molar-refractivity contribution in [2.45, 2.75) is 189 Å². The predicted molar refractivity (Wildman–Crippen MR) is 163 cm³/mol. The number of unbranched alkanes of at least 4 members (excludes halogenated alkanes) is 14. The van der Waals surface area contributed by atoms with Gasteiger partial charge in [0.15, 0.2) is 0 Å². The molecule has 1 aromatic rings. The monoisotopic (exact) mass is 500 g/mol. The fraction of sp³-hybridized carbons (Fsp3) is 0.829. The van der Waals surface area contributed by atoms with Crippen LogP contribution >= 0.6 is 0 Å². The molecule has 1 nitrogen and oxygen atoms in total. The van der Waals surface area contributed by atoms with E-state index in [0.717, 1.165) is 19.3 Å². The summed E-state index contributed by atoms with van der Waals surface area (Å²) in [6, 6.07) is 0. The Hall–Kier alpha value is -0.980. The predicted octanol–water partition coefficient (Wildman–Crippen LogP) is 11.6. The topological polar surface area (TPSA) is 20.2 Å². The molecule has 0 atom stereocenters. The Morgan fingerprint density at radius 1 is 0.306 bits per heavy atom. The first-order valence-electron chi connectivity index (χ1n) is 16.5. The zero-order valence-electron chi connectivity index (χ0n) is 25.4. The van der Waals surface area contributed by atoms with Crippen LogP contribution in [-0.4, -0.2) is 5.11 Å². The summed E-state index contributed by atoms with van der Waals surface area (Å²) in [5.41, 5.74) is 7.53. The van der Waals surface area contributed by atoms with Gasteiger partial charge in [-0.25, -0.2) is 0 Å². The third kappa shape index (κ3) is 12.5. The van der Waals surface area contributed by atoms with E-state index in [1.807, 2.05) is 0 Å². The smallest absolute Gasteiger partial charge is 0.122 e. The van der Waals surface area contributed by atoms with E-state index in [0.29, 0.717) is 5.75 Å². The quantitative estimate of drug-likeness (QED) is 0.140. The van der Waals surface area contributed by atoms with Crippen molar-refractivity contribution in [1.29, 1.82) is 0 Å². The molecule has 0 amide bonds. The molecule has 0 radical (unpaired) electrons. The highest BCUT2D eigenvalue weighted by atomic mass is 16.3. The zero-order valence-corrected chi connectivity index (χ0v) is 25.4. The van der Waals surface area contributed by atoms with Crippen molar-refractivity contribution >= 4 is 0 Å². The van der Waals surface area contributed by atoms with Gasteiger partial charge in [0.05, 0.1) is 0 Å². The molecule has 0 saturated carbocycles. The van der Waals surface area contributed by atoms with Crippen LogP contribution in [0.3, 0.4) is 0 Å². The summed E-state index contributed by atoms with van der Waals surface area (Å²) in [7, 11) is 0. The first-order valence-corrected chi connectivity index (χ1v) is 16.5. The van der Waals surface area contributed by atoms with E-state index < -0.39 is 0 Å². The van der Waals surface area contributed by atoms with Gasteiger partial charge in [0.25, 0.3) is 0 Å². The van der Waals surface area contributed by atoms with Gasteiger partial charge in [0, 0.05) is 0 Å². The summed E-state index contributed by atoms with van der Waals surface area (Å²) < 4.78 is 0. The van der Waals surface area contributed by atoms with Gasteiger partial charge in [-0.05, 0) is 92.0 Å². The second-order valence-electron chi connectivity index (χ2n) is 11.4. The van der Waals surface area contributed by atoms with Crippen molar-refractivity contribution in [2.75, 3.05) is 0 Å². The minimum absolute atomic E-state index is 0.711. The normalized spacial score (nSPS) is 11.5. The maximum Gasteiger partial charge on any atom is 0.122 e. The molecule has 0 aromatic heterocycles. The Morgan fingerprint density at radius 3 is 0.917 bits per heavy atom. The molecule has 1 heteroatoms. The number of phenols is 1. The lowest BCUT2D eigenvalue weighted by molar-refractivity contribution is 0.453. The summed E-state index contributed by atoms with van der Waals surface area (Å²) in [6.45, 7) is 11.5. The molecule has 0 saturated heterocycles. The van der Waals surface area contributed by atoms with Crippen LogP contribution in [0, 0.1) is 0 Å². The van der Waals surface area contributed by atoms with E-state index in [-0.39, 0.29) is 0 Å². The standard InChI is InChI=1S/C35H64O/c1-6-11-16-19-22-27-30-31(25-14-9-4)33(26-15-10-5)35(36)34(29-24-21-18-13-8-3)32(30)28-23-20-17-12-7-2/h36H,6-29H2,1-5H3. The Bertz CT molecular complexity index is 659. The molecule has 1 N–H and O–H groups in total. The average Bonchev–Trinajstić information content (AvgIpc) is 2.88. The van der Waals surface area contributed by atoms with Crippen LogP contribution in [0.4, 0.5) is 0 Å². The van der Waals surface area contributed by atoms with Crippen molar-refractivity contribution < 1.29 is 5.11 Å². The van der Waals surface area contributed by atoms with Crippen molar-refractivity contribution in [3.8, 4) is 5.75 Å². The highest BCUT2D eigenvalue weighted by molar-refractivity contribution is 5.56. The summed E-state index contributed by atoms with van der Waals surface area (Å²) >= 11 is 0. The molecule has 0 bridgehead atoms. The molecule has 1 rings (SSSR count). The van der Waals surface area contributed by atoms with Crippen LogP contribution < -0.4 is 0 Å². The van der Waals surface area contributed by atoms with Gasteiger partial charge in [-0.3, -0.25) is 0 Å². The first kappa shape index (κ1) is 33.0. The van der Waals surface area contributed by atoms with Crippen LogP contribution in [0.2, 0.25) is 0 Å². The largest absolute Gasteiger partial charge is 0.507 e. The van der Waals surface area contributed by atoms with E-state index in [2.05, 4.69) is 34.6 Å². The minimum Gasteiger partial charge on any atom is -0.507 e. The Kier molecular flexibility index (Phi) is 20.2. The fourth-order valence-corrected chi connectivity index (χ4v) is 5.88. The molecule has 0 aliphatic heterocycles. The van der Waals surface area contributed by atoms with Gasteiger partial charge in [0.2, 0.25) is 0 Å². The van der Waals surface area contributed by atoms with Crippen molar-refractivity contribution in [3.63, 3.8) is 0 Å². The number of benzene rings is 1. The summed E-state index contributed by atoms with van der Waals surface area (Å²) in [6.07, 6.45) is 30.5. The molecule has 0 aliphatic carbocycles. The maximum absolute atomic E-state index is 11.8. The Labute approximate surface area is 227 Å². The molecule has 1 aromatic carbocycles. The van der Waals surface area contributed by atoms with Crippen molar-refractivity contribution in [2.24, 2.45) is 0 Å². The van der Waals surface area contributed by atoms with Crippen LogP contribution in [0.15, 0.2) is 0 Å². The van der Waals surface area contributed by atoms with Gasteiger partial charge in [0.1, 0.15) is 5.75 Å². The van der Waals surface area contributed by atoms with Crippen LogP contribution in [0.1, 0.15) is 184 Å². The van der Waals surface area contributed by atoms with Gasteiger partial charge >= 0.3 is 0 Å². The van der Waals surface area contributed by atoms with Crippen LogP contribution in [0.25, 0.3) is 0 Å². The van der Waals surface area contributed by atoms with Crippen LogP contribution in [-0.2, 0) is 32.1 Å². The minimum atomic E-state index is 0.711. The Morgan fingerprint density at radius 2 is 0.556 bits per heavy atom. The SMILES string of the molecule is CCCCCCCc1c(O)c(CCCC)c(CCCC)c(CCCCCCC)c1CCCCCCC. The maximum atomic E-state index is 11.8. The molecule has 0 aliphatic rings. The van der Waals surface area contributed by atoms with Crippen molar-refractivity contribution in [3.05, 3.63) is 27.8 Å². The lowest BCUT2D eigenvalue weighted by atomic mass is 9.81. The highest BCUT2D eigenvalue weighted by Gasteiger charge is 2.22. The first-order chi connectivity index (χ1) is 17.7. The molecule has 210 valence electrons. The van der Waals surface area contributed by atoms with Gasteiger partial charge in [-0.1, -0.05) is 125 Å². The van der Waals surface area contributed by atoms with Gasteiger partial charge in [-0.15, -0.1) is 0 Å². The molecule has 0 unspecified atom stereocenters. The molecule has 36 heavy (non-hydrogen) atoms. The second kappa shape index (κ2) is 22.0. The van der Waals surface area contributed by atoms with E-state index in [1.165, 1.54) is 146 Å². The van der Waals surface area contributed by atoms with Crippen molar-refractivity contribution in [1.82, 2.24) is 0 Å². The molecule has 0 heterocycles. The summed E-state index contributed by atoms with van der Waals surface area (Å²) in [5.74, 6) is 0.711. The van der Waals surface area contributed by atoms with E-state index in [4.69, 9.17) is 0 Å². The summed E-state index contributed by atoms with van der Waals surface area (Å²) in [4.78, 5) is 0. The Balaban J connectivity index is 3.39. The lowest BCUT2D eigenvalue weighted by Gasteiger charge is -2.25. The van der Waals surface area contributed by atoms with Gasteiger partial charge in [-0.2, -0.15) is 0 Å². The molecule has 0 fully saturated rings. The third-order valence-electron chi connectivity index (χ3n) is 8.18. The zero-order chi connectivity index (χ0) is 26.4. The second-order valence-corrected chi connectivity index (χ2v) is 11.4. The number of rotatable bonds is 24. The average molecular weight is 501 g/mol. The fourth-order valence-electron chi connectivity index (χ4n) is 5.88. The van der Waals surface area contributed by atoms with Gasteiger partial charge < -0.3 is 5.11 Å². The van der Waals surface area contributed by atoms with E-state index in [1.54, 1.807) is 16.7 Å².